The van der Waals surface area contributed by atoms with Gasteiger partial charge in [0.25, 0.3) is 0 Å². The molecule has 3 aromatic carbocycles. The van der Waals surface area contributed by atoms with Crippen LogP contribution >= 0.6 is 11.6 Å². The minimum atomic E-state index is -1.08. The van der Waals surface area contributed by atoms with Crippen LogP contribution in [0.3, 0.4) is 0 Å². The topological polar surface area (TPSA) is 64.6 Å². The molecule has 5 nitrogen and oxygen atoms in total. The van der Waals surface area contributed by atoms with E-state index in [1.165, 1.54) is 0 Å². The van der Waals surface area contributed by atoms with Crippen molar-refractivity contribution < 1.29 is 19.1 Å². The lowest BCUT2D eigenvalue weighted by Gasteiger charge is -2.42. The molecular formula is C29H28ClNO4. The van der Waals surface area contributed by atoms with Crippen molar-refractivity contribution >= 4 is 23.4 Å². The fraction of sp³-hybridized carbons (Fsp3) is 0.310. The maximum atomic E-state index is 14.4. The fourth-order valence-electron chi connectivity index (χ4n) is 5.41. The average Bonchev–Trinajstić information content (AvgIpc) is 3.18. The van der Waals surface area contributed by atoms with Gasteiger partial charge in [-0.15, -0.1) is 0 Å². The minimum Gasteiger partial charge on any atom is -0.492 e. The van der Waals surface area contributed by atoms with E-state index >= 15 is 0 Å². The third kappa shape index (κ3) is 4.13. The van der Waals surface area contributed by atoms with Crippen LogP contribution in [0.5, 0.6) is 5.75 Å². The van der Waals surface area contributed by atoms with E-state index in [0.29, 0.717) is 16.3 Å². The van der Waals surface area contributed by atoms with Gasteiger partial charge in [-0.2, -0.15) is 0 Å². The average molecular weight is 490 g/mol. The molecule has 2 heterocycles. The summed E-state index contributed by atoms with van der Waals surface area (Å²) >= 11 is 6.18. The van der Waals surface area contributed by atoms with E-state index in [9.17, 15) is 9.59 Å². The molecule has 35 heavy (non-hydrogen) atoms. The van der Waals surface area contributed by atoms with Crippen molar-refractivity contribution in [2.45, 2.75) is 44.4 Å². The molecule has 6 heteroatoms. The van der Waals surface area contributed by atoms with E-state index in [4.69, 9.17) is 21.1 Å². The first kappa shape index (κ1) is 23.6. The maximum Gasteiger partial charge on any atom is 0.324 e. The molecule has 0 unspecified atom stereocenters. The molecule has 0 saturated carbocycles. The molecule has 5 rings (SSSR count). The SMILES string of the molecule is CC(C)(C)OC(=O)[C@H]1N[C@@H](c2ccc(Cl)cc2)[C@]2(COc3ccccc3C2=O)[C@@H]1c1ccccc1. The molecule has 1 spiro atoms. The highest BCUT2D eigenvalue weighted by Crippen LogP contribution is 2.57. The third-order valence-electron chi connectivity index (χ3n) is 6.79. The molecule has 2 aliphatic heterocycles. The standard InChI is InChI=1S/C29H28ClNO4/c1-28(2,3)35-27(33)24-23(18-9-5-4-6-10-18)29(25(31-24)19-13-15-20(30)16-14-19)17-34-22-12-8-7-11-21(22)26(29)32/h4-16,23-25,31H,17H2,1-3H3/t23-,24+,25+,29+/m1/s1. The van der Waals surface area contributed by atoms with E-state index in [1.54, 1.807) is 18.2 Å². The molecule has 3 aromatic rings. The Hall–Kier alpha value is -3.15. The van der Waals surface area contributed by atoms with Crippen LogP contribution in [-0.2, 0) is 9.53 Å². The molecule has 0 aliphatic carbocycles. The molecule has 1 saturated heterocycles. The molecule has 0 radical (unpaired) electrons. The molecule has 180 valence electrons. The van der Waals surface area contributed by atoms with Crippen molar-refractivity contribution in [2.24, 2.45) is 5.41 Å². The van der Waals surface area contributed by atoms with Crippen LogP contribution in [0.1, 0.15) is 54.2 Å². The molecular weight excluding hydrogens is 462 g/mol. The lowest BCUT2D eigenvalue weighted by molar-refractivity contribution is -0.157. The Morgan fingerprint density at radius 3 is 2.31 bits per heavy atom. The highest BCUT2D eigenvalue weighted by molar-refractivity contribution is 6.30. The van der Waals surface area contributed by atoms with Crippen molar-refractivity contribution in [3.63, 3.8) is 0 Å². The number of ether oxygens (including phenoxy) is 2. The van der Waals surface area contributed by atoms with Gasteiger partial charge in [0, 0.05) is 17.0 Å². The maximum absolute atomic E-state index is 14.4. The summed E-state index contributed by atoms with van der Waals surface area (Å²) in [6.45, 7) is 5.65. The molecule has 0 amide bonds. The van der Waals surface area contributed by atoms with E-state index in [0.717, 1.165) is 11.1 Å². The summed E-state index contributed by atoms with van der Waals surface area (Å²) in [6, 6.07) is 23.1. The van der Waals surface area contributed by atoms with Crippen LogP contribution < -0.4 is 10.1 Å². The summed E-state index contributed by atoms with van der Waals surface area (Å²) < 4.78 is 12.1. The second-order valence-electron chi connectivity index (χ2n) is 10.2. The smallest absolute Gasteiger partial charge is 0.324 e. The predicted octanol–water partition coefficient (Wildman–Crippen LogP) is 5.74. The Bertz CT molecular complexity index is 1250. The van der Waals surface area contributed by atoms with Gasteiger partial charge in [0.2, 0.25) is 0 Å². The Labute approximate surface area is 210 Å². The number of benzene rings is 3. The quantitative estimate of drug-likeness (QED) is 0.475. The predicted molar refractivity (Wildman–Crippen MR) is 135 cm³/mol. The van der Waals surface area contributed by atoms with Crippen molar-refractivity contribution in [2.75, 3.05) is 6.61 Å². The number of hydrogen-bond acceptors (Lipinski definition) is 5. The number of hydrogen-bond donors (Lipinski definition) is 1. The highest BCUT2D eigenvalue weighted by atomic mass is 35.5. The number of carbonyl (C=O) groups is 2. The van der Waals surface area contributed by atoms with Crippen molar-refractivity contribution in [3.05, 3.63) is 101 Å². The zero-order valence-electron chi connectivity index (χ0n) is 20.0. The second-order valence-corrected chi connectivity index (χ2v) is 10.6. The van der Waals surface area contributed by atoms with E-state index in [-0.39, 0.29) is 12.4 Å². The van der Waals surface area contributed by atoms with Crippen molar-refractivity contribution in [3.8, 4) is 5.75 Å². The number of ketones is 1. The van der Waals surface area contributed by atoms with Crippen LogP contribution in [0.25, 0.3) is 0 Å². The van der Waals surface area contributed by atoms with Gasteiger partial charge >= 0.3 is 5.97 Å². The number of esters is 1. The number of Topliss-reactive ketones (excluding diaryl/α,β-unsaturated/α-hetero) is 1. The number of nitrogens with one attached hydrogen (secondary N) is 1. The Kier molecular flexibility index (Phi) is 5.94. The van der Waals surface area contributed by atoms with Gasteiger partial charge in [-0.05, 0) is 56.2 Å². The van der Waals surface area contributed by atoms with Gasteiger partial charge in [0.05, 0.1) is 11.0 Å². The first-order valence-electron chi connectivity index (χ1n) is 11.8. The number of fused-ring (bicyclic) bond motifs is 1. The molecule has 2 aliphatic rings. The molecule has 1 fully saturated rings. The normalized spacial score (nSPS) is 25.7. The fourth-order valence-corrected chi connectivity index (χ4v) is 5.53. The van der Waals surface area contributed by atoms with Gasteiger partial charge in [0.15, 0.2) is 5.78 Å². The Morgan fingerprint density at radius 1 is 0.971 bits per heavy atom. The lowest BCUT2D eigenvalue weighted by atomic mass is 9.62. The van der Waals surface area contributed by atoms with Crippen LogP contribution in [0.15, 0.2) is 78.9 Å². The van der Waals surface area contributed by atoms with Gasteiger partial charge < -0.3 is 9.47 Å². The van der Waals surface area contributed by atoms with Crippen LogP contribution in [0.2, 0.25) is 5.02 Å². The molecule has 0 aromatic heterocycles. The van der Waals surface area contributed by atoms with Crippen LogP contribution in [0.4, 0.5) is 0 Å². The first-order valence-corrected chi connectivity index (χ1v) is 12.1. The summed E-state index contributed by atoms with van der Waals surface area (Å²) in [5.41, 5.74) is 0.502. The minimum absolute atomic E-state index is 0.0493. The van der Waals surface area contributed by atoms with Crippen molar-refractivity contribution in [1.29, 1.82) is 0 Å². The van der Waals surface area contributed by atoms with Gasteiger partial charge in [0.1, 0.15) is 24.0 Å². The summed E-state index contributed by atoms with van der Waals surface area (Å²) in [7, 11) is 0. The first-order chi connectivity index (χ1) is 16.7. The third-order valence-corrected chi connectivity index (χ3v) is 7.05. The summed E-state index contributed by atoms with van der Waals surface area (Å²) in [6.07, 6.45) is 0. The molecule has 0 bridgehead atoms. The number of para-hydroxylation sites is 1. The summed E-state index contributed by atoms with van der Waals surface area (Å²) in [4.78, 5) is 28.0. The van der Waals surface area contributed by atoms with Crippen LogP contribution in [-0.4, -0.2) is 30.0 Å². The van der Waals surface area contributed by atoms with Gasteiger partial charge in [-0.25, -0.2) is 0 Å². The molecule has 4 atom stereocenters. The van der Waals surface area contributed by atoms with E-state index < -0.39 is 35.0 Å². The summed E-state index contributed by atoms with van der Waals surface area (Å²) in [5, 5.41) is 4.10. The van der Waals surface area contributed by atoms with E-state index in [2.05, 4.69) is 5.32 Å². The van der Waals surface area contributed by atoms with E-state index in [1.807, 2.05) is 81.4 Å². The van der Waals surface area contributed by atoms with Gasteiger partial charge in [-0.1, -0.05) is 66.2 Å². The summed E-state index contributed by atoms with van der Waals surface area (Å²) in [5.74, 6) is -0.397. The number of halogens is 1. The number of rotatable bonds is 3. The van der Waals surface area contributed by atoms with Gasteiger partial charge in [-0.3, -0.25) is 14.9 Å². The molecule has 1 N–H and O–H groups in total. The monoisotopic (exact) mass is 489 g/mol. The lowest BCUT2D eigenvalue weighted by Crippen LogP contribution is -2.48. The highest BCUT2D eigenvalue weighted by Gasteiger charge is 2.64. The Balaban J connectivity index is 1.72. The zero-order chi connectivity index (χ0) is 24.8. The Morgan fingerprint density at radius 2 is 1.63 bits per heavy atom. The van der Waals surface area contributed by atoms with Crippen LogP contribution in [0, 0.1) is 5.41 Å². The second kappa shape index (κ2) is 8.81. The largest absolute Gasteiger partial charge is 0.492 e. The van der Waals surface area contributed by atoms with Crippen molar-refractivity contribution in [1.82, 2.24) is 5.32 Å². The number of carbonyl (C=O) groups excluding carboxylic acids is 2. The zero-order valence-corrected chi connectivity index (χ0v) is 20.7.